The average Bonchev–Trinajstić information content (AvgIpc) is 3.38. The van der Waals surface area contributed by atoms with E-state index in [1.807, 2.05) is 31.2 Å². The number of nitrogens with one attached hydrogen (secondary N) is 1. The average molecular weight is 413 g/mol. The van der Waals surface area contributed by atoms with Crippen LogP contribution in [-0.2, 0) is 9.59 Å². The lowest BCUT2D eigenvalue weighted by Crippen LogP contribution is -2.41. The van der Waals surface area contributed by atoms with E-state index < -0.39 is 0 Å². The van der Waals surface area contributed by atoms with Gasteiger partial charge in [-0.25, -0.2) is 0 Å². The molecule has 2 aliphatic heterocycles. The summed E-state index contributed by atoms with van der Waals surface area (Å²) in [6.45, 7) is 4.19. The molecule has 2 aromatic rings. The van der Waals surface area contributed by atoms with Gasteiger partial charge in [0.05, 0.1) is 22.5 Å². The molecular weight excluding hydrogens is 392 g/mol. The number of carbonyl (C=O) groups is 2. The van der Waals surface area contributed by atoms with Crippen molar-refractivity contribution in [3.8, 4) is 0 Å². The predicted octanol–water partition coefficient (Wildman–Crippen LogP) is 3.39. The van der Waals surface area contributed by atoms with Crippen molar-refractivity contribution < 1.29 is 9.59 Å². The maximum atomic E-state index is 13.3. The van der Waals surface area contributed by atoms with Gasteiger partial charge >= 0.3 is 4.87 Å². The standard InChI is InChI=1S/C21H20N2O3S2/c1-8-3-5-10(6-4-8)23-19(24)14-11-7-12(15(14)20(23)25)17-13(11)9(2)16-18(27-17)22-21(26)28-16/h3-6,9,11-15,17H,7H2,1-2H3,(H,22,26)/t9-,11-,12-,13+,14+,15-,17-/m1/s1. The van der Waals surface area contributed by atoms with Gasteiger partial charge in [0.25, 0.3) is 0 Å². The molecule has 1 N–H and O–H groups in total. The molecule has 7 heteroatoms. The van der Waals surface area contributed by atoms with Crippen molar-refractivity contribution in [1.82, 2.24) is 4.98 Å². The third kappa shape index (κ3) is 2.01. The van der Waals surface area contributed by atoms with Gasteiger partial charge in [-0.05, 0) is 49.1 Å². The van der Waals surface area contributed by atoms with Crippen molar-refractivity contribution in [2.75, 3.05) is 4.90 Å². The Morgan fingerprint density at radius 2 is 1.71 bits per heavy atom. The van der Waals surface area contributed by atoms with Gasteiger partial charge < -0.3 is 4.98 Å². The lowest BCUT2D eigenvalue weighted by Gasteiger charge is -2.41. The SMILES string of the molecule is Cc1ccc(N2C(=O)[C@@H]3[C@H]4C[C@@H]([C@@H]3C2=O)[C@H]2[C@@H]4Sc3[nH]c(=O)sc3[C@@H]2C)cc1. The van der Waals surface area contributed by atoms with Gasteiger partial charge in [0.15, 0.2) is 0 Å². The first-order chi connectivity index (χ1) is 13.5. The van der Waals surface area contributed by atoms with Crippen LogP contribution in [0.4, 0.5) is 5.69 Å². The first kappa shape index (κ1) is 17.0. The molecule has 28 heavy (non-hydrogen) atoms. The number of nitrogens with zero attached hydrogens (tertiary/aromatic N) is 1. The van der Waals surface area contributed by atoms with Crippen LogP contribution in [0, 0.1) is 36.5 Å². The van der Waals surface area contributed by atoms with Crippen LogP contribution in [-0.4, -0.2) is 22.0 Å². The quantitative estimate of drug-likeness (QED) is 0.729. The van der Waals surface area contributed by atoms with Crippen molar-refractivity contribution in [3.63, 3.8) is 0 Å². The highest BCUT2D eigenvalue weighted by Gasteiger charge is 2.69. The zero-order valence-corrected chi connectivity index (χ0v) is 17.2. The third-order valence-corrected chi connectivity index (χ3v) is 10.0. The molecule has 2 amide bonds. The minimum Gasteiger partial charge on any atom is -0.307 e. The zero-order chi connectivity index (χ0) is 19.3. The summed E-state index contributed by atoms with van der Waals surface area (Å²) in [5.74, 6) is 0.641. The summed E-state index contributed by atoms with van der Waals surface area (Å²) >= 11 is 3.04. The van der Waals surface area contributed by atoms with Crippen LogP contribution in [0.1, 0.15) is 29.7 Å². The number of rotatable bonds is 1. The summed E-state index contributed by atoms with van der Waals surface area (Å²) < 4.78 is 0. The van der Waals surface area contributed by atoms with Gasteiger partial charge in [0, 0.05) is 10.1 Å². The number of amides is 2. The van der Waals surface area contributed by atoms with Crippen LogP contribution in [0.3, 0.4) is 0 Å². The highest BCUT2D eigenvalue weighted by atomic mass is 32.2. The highest BCUT2D eigenvalue weighted by Crippen LogP contribution is 2.67. The van der Waals surface area contributed by atoms with Gasteiger partial charge in [-0.15, -0.1) is 11.8 Å². The second kappa shape index (κ2) is 5.60. The number of thiazole rings is 1. The number of carbonyl (C=O) groups excluding carboxylic acids is 2. The fraction of sp³-hybridized carbons (Fsp3) is 0.476. The Kier molecular flexibility index (Phi) is 3.41. The molecule has 2 aliphatic carbocycles. The Hall–Kier alpha value is -1.86. The molecule has 144 valence electrons. The van der Waals surface area contributed by atoms with Crippen LogP contribution in [0.5, 0.6) is 0 Å². The van der Waals surface area contributed by atoms with Crippen molar-refractivity contribution in [2.24, 2.45) is 29.6 Å². The third-order valence-electron chi connectivity index (χ3n) is 7.34. The molecule has 6 rings (SSSR count). The van der Waals surface area contributed by atoms with Crippen molar-refractivity contribution in [3.05, 3.63) is 44.4 Å². The normalized spacial score (nSPS) is 37.9. The van der Waals surface area contributed by atoms with E-state index in [2.05, 4.69) is 11.9 Å². The summed E-state index contributed by atoms with van der Waals surface area (Å²) in [7, 11) is 0. The molecule has 1 saturated heterocycles. The molecular formula is C21H20N2O3S2. The maximum absolute atomic E-state index is 13.3. The molecule has 1 aromatic carbocycles. The summed E-state index contributed by atoms with van der Waals surface area (Å²) in [6, 6.07) is 7.65. The van der Waals surface area contributed by atoms with Crippen LogP contribution in [0.15, 0.2) is 34.1 Å². The highest BCUT2D eigenvalue weighted by molar-refractivity contribution is 8.00. The number of aromatic nitrogens is 1. The Bertz CT molecular complexity index is 1070. The lowest BCUT2D eigenvalue weighted by atomic mass is 9.70. The topological polar surface area (TPSA) is 70.2 Å². The van der Waals surface area contributed by atoms with Gasteiger partial charge in [0.2, 0.25) is 11.8 Å². The number of aromatic amines is 1. The molecule has 5 nitrogen and oxygen atoms in total. The van der Waals surface area contributed by atoms with Gasteiger partial charge in [-0.3, -0.25) is 19.3 Å². The minimum absolute atomic E-state index is 0.00503. The van der Waals surface area contributed by atoms with Crippen molar-refractivity contribution in [2.45, 2.75) is 36.5 Å². The number of fused-ring (bicyclic) bond motifs is 9. The second-order valence-electron chi connectivity index (χ2n) is 8.62. The molecule has 0 radical (unpaired) electrons. The van der Waals surface area contributed by atoms with E-state index in [1.54, 1.807) is 11.8 Å². The fourth-order valence-corrected chi connectivity index (χ4v) is 9.23. The van der Waals surface area contributed by atoms with E-state index in [1.165, 1.54) is 16.2 Å². The number of anilines is 1. The van der Waals surface area contributed by atoms with E-state index in [4.69, 9.17) is 0 Å². The lowest BCUT2D eigenvalue weighted by molar-refractivity contribution is -0.123. The Morgan fingerprint density at radius 1 is 1.04 bits per heavy atom. The van der Waals surface area contributed by atoms with Crippen LogP contribution in [0.25, 0.3) is 0 Å². The molecule has 3 fully saturated rings. The van der Waals surface area contributed by atoms with E-state index in [0.717, 1.165) is 21.9 Å². The van der Waals surface area contributed by atoms with E-state index in [9.17, 15) is 14.4 Å². The number of benzene rings is 1. The Morgan fingerprint density at radius 3 is 2.43 bits per heavy atom. The number of hydrogen-bond donors (Lipinski definition) is 1. The maximum Gasteiger partial charge on any atom is 0.305 e. The van der Waals surface area contributed by atoms with Gasteiger partial charge in [-0.1, -0.05) is 36.0 Å². The van der Waals surface area contributed by atoms with Crippen molar-refractivity contribution >= 4 is 40.6 Å². The second-order valence-corrected chi connectivity index (χ2v) is 10.8. The van der Waals surface area contributed by atoms with E-state index in [-0.39, 0.29) is 46.3 Å². The van der Waals surface area contributed by atoms with E-state index >= 15 is 0 Å². The zero-order valence-electron chi connectivity index (χ0n) is 15.5. The molecule has 2 bridgehead atoms. The van der Waals surface area contributed by atoms with Gasteiger partial charge in [0.1, 0.15) is 0 Å². The van der Waals surface area contributed by atoms with Crippen molar-refractivity contribution in [1.29, 1.82) is 0 Å². The molecule has 0 spiro atoms. The summed E-state index contributed by atoms with van der Waals surface area (Å²) in [4.78, 5) is 44.1. The smallest absolute Gasteiger partial charge is 0.305 e. The van der Waals surface area contributed by atoms with Crippen LogP contribution < -0.4 is 9.77 Å². The number of H-pyrrole nitrogens is 1. The largest absolute Gasteiger partial charge is 0.307 e. The summed E-state index contributed by atoms with van der Waals surface area (Å²) in [5, 5.41) is 1.30. The Labute approximate surface area is 170 Å². The number of imide groups is 1. The Balaban J connectivity index is 1.39. The minimum atomic E-state index is -0.202. The predicted molar refractivity (Wildman–Crippen MR) is 109 cm³/mol. The molecule has 1 aromatic heterocycles. The number of hydrogen-bond acceptors (Lipinski definition) is 5. The van der Waals surface area contributed by atoms with Crippen LogP contribution in [0.2, 0.25) is 0 Å². The van der Waals surface area contributed by atoms with Gasteiger partial charge in [-0.2, -0.15) is 0 Å². The first-order valence-corrected chi connectivity index (χ1v) is 11.5. The molecule has 7 atom stereocenters. The van der Waals surface area contributed by atoms with Crippen LogP contribution >= 0.6 is 23.1 Å². The van der Waals surface area contributed by atoms with E-state index in [0.29, 0.717) is 16.9 Å². The molecule has 0 unspecified atom stereocenters. The molecule has 2 saturated carbocycles. The monoisotopic (exact) mass is 412 g/mol. The number of aryl methyl sites for hydroxylation is 1. The molecule has 4 aliphatic rings. The molecule has 3 heterocycles. The summed E-state index contributed by atoms with van der Waals surface area (Å²) in [6.07, 6.45) is 0.959. The first-order valence-electron chi connectivity index (χ1n) is 9.80. The number of thioether (sulfide) groups is 1. The fourth-order valence-electron chi connectivity index (χ4n) is 6.28. The summed E-state index contributed by atoms with van der Waals surface area (Å²) in [5.41, 5.74) is 1.81.